The van der Waals surface area contributed by atoms with Crippen LogP contribution in [0, 0.1) is 0 Å². The molecule has 0 saturated carbocycles. The third-order valence-corrected chi connectivity index (χ3v) is 3.87. The van der Waals surface area contributed by atoms with Gasteiger partial charge in [-0.1, -0.05) is 50.5 Å². The van der Waals surface area contributed by atoms with Crippen LogP contribution in [0.2, 0.25) is 0 Å². The molecule has 1 aromatic carbocycles. The van der Waals surface area contributed by atoms with Crippen LogP contribution in [0.5, 0.6) is 0 Å². The highest BCUT2D eigenvalue weighted by molar-refractivity contribution is 5.69. The summed E-state index contributed by atoms with van der Waals surface area (Å²) >= 11 is 0. The van der Waals surface area contributed by atoms with Gasteiger partial charge in [0.15, 0.2) is 0 Å². The maximum absolute atomic E-state index is 11.3. The first-order valence-electron chi connectivity index (χ1n) is 8.01. The molecule has 0 heterocycles. The van der Waals surface area contributed by atoms with E-state index in [0.29, 0.717) is 6.42 Å². The normalized spacial score (nSPS) is 12.1. The Balaban J connectivity index is 2.43. The highest BCUT2D eigenvalue weighted by atomic mass is 16.5. The van der Waals surface area contributed by atoms with Gasteiger partial charge in [0, 0.05) is 6.04 Å². The summed E-state index contributed by atoms with van der Waals surface area (Å²) in [5.74, 6) is -0.165. The van der Waals surface area contributed by atoms with E-state index >= 15 is 0 Å². The molecule has 21 heavy (non-hydrogen) atoms. The molecule has 0 saturated heterocycles. The number of ether oxygens (including phenoxy) is 1. The lowest BCUT2D eigenvalue weighted by Gasteiger charge is -2.15. The van der Waals surface area contributed by atoms with E-state index in [2.05, 4.69) is 36.5 Å². The number of carbonyl (C=O) groups excluding carboxylic acids is 1. The van der Waals surface area contributed by atoms with E-state index < -0.39 is 0 Å². The minimum Gasteiger partial charge on any atom is -0.469 e. The van der Waals surface area contributed by atoms with Gasteiger partial charge in [0.05, 0.1) is 13.5 Å². The molecule has 0 aliphatic carbocycles. The predicted molar refractivity (Wildman–Crippen MR) is 87.5 cm³/mol. The molecule has 0 radical (unpaired) electrons. The largest absolute Gasteiger partial charge is 0.469 e. The lowest BCUT2D eigenvalue weighted by Crippen LogP contribution is -2.30. The summed E-state index contributed by atoms with van der Waals surface area (Å²) in [5, 5.41) is 3.18. The lowest BCUT2D eigenvalue weighted by molar-refractivity contribution is -0.141. The molecule has 0 aromatic heterocycles. The molecule has 0 fully saturated rings. The van der Waals surface area contributed by atoms with Gasteiger partial charge in [-0.15, -0.1) is 0 Å². The highest BCUT2D eigenvalue weighted by Gasteiger charge is 2.12. The fourth-order valence-corrected chi connectivity index (χ4v) is 2.44. The Labute approximate surface area is 129 Å². The van der Waals surface area contributed by atoms with E-state index in [1.165, 1.54) is 43.9 Å². The number of aryl methyl sites for hydroxylation is 1. The first kappa shape index (κ1) is 17.7. The monoisotopic (exact) mass is 291 g/mol. The van der Waals surface area contributed by atoms with E-state index in [4.69, 9.17) is 4.74 Å². The maximum Gasteiger partial charge on any atom is 0.307 e. The van der Waals surface area contributed by atoms with Crippen LogP contribution in [-0.2, 0) is 22.4 Å². The molecule has 3 heteroatoms. The molecule has 1 atom stereocenters. The molecule has 0 aliphatic heterocycles. The second-order valence-electron chi connectivity index (χ2n) is 5.60. The summed E-state index contributed by atoms with van der Waals surface area (Å²) in [4.78, 5) is 11.3. The Kier molecular flexibility index (Phi) is 8.76. The average Bonchev–Trinajstić information content (AvgIpc) is 2.52. The molecule has 0 amide bonds. The number of unbranched alkanes of at least 4 members (excludes halogenated alkanes) is 3. The molecule has 3 nitrogen and oxygen atoms in total. The SMILES string of the molecule is CCCCCCc1ccc(CC(CC(=O)OC)NC)cc1. The van der Waals surface area contributed by atoms with Gasteiger partial charge < -0.3 is 10.1 Å². The van der Waals surface area contributed by atoms with Gasteiger partial charge >= 0.3 is 5.97 Å². The Morgan fingerprint density at radius 1 is 1.14 bits per heavy atom. The highest BCUT2D eigenvalue weighted by Crippen LogP contribution is 2.12. The van der Waals surface area contributed by atoms with Crippen molar-refractivity contribution in [2.75, 3.05) is 14.2 Å². The summed E-state index contributed by atoms with van der Waals surface area (Å²) in [6, 6.07) is 8.92. The van der Waals surface area contributed by atoms with Crippen molar-refractivity contribution in [3.63, 3.8) is 0 Å². The zero-order chi connectivity index (χ0) is 15.5. The van der Waals surface area contributed by atoms with Crippen molar-refractivity contribution >= 4 is 5.97 Å². The number of hydrogen-bond donors (Lipinski definition) is 1. The van der Waals surface area contributed by atoms with E-state index in [0.717, 1.165) is 12.8 Å². The maximum atomic E-state index is 11.3. The predicted octanol–water partition coefficient (Wildman–Crippen LogP) is 3.50. The third kappa shape index (κ3) is 7.28. The van der Waals surface area contributed by atoms with Gasteiger partial charge in [-0.25, -0.2) is 0 Å². The minimum absolute atomic E-state index is 0.132. The number of benzene rings is 1. The zero-order valence-corrected chi connectivity index (χ0v) is 13.7. The average molecular weight is 291 g/mol. The molecule has 1 N–H and O–H groups in total. The second kappa shape index (κ2) is 10.4. The smallest absolute Gasteiger partial charge is 0.307 e. The van der Waals surface area contributed by atoms with E-state index in [-0.39, 0.29) is 12.0 Å². The minimum atomic E-state index is -0.165. The van der Waals surface area contributed by atoms with Gasteiger partial charge in [0.2, 0.25) is 0 Å². The summed E-state index contributed by atoms with van der Waals surface area (Å²) in [6.07, 6.45) is 7.62. The van der Waals surface area contributed by atoms with Gasteiger partial charge in [0.25, 0.3) is 0 Å². The summed E-state index contributed by atoms with van der Waals surface area (Å²) in [7, 11) is 3.32. The van der Waals surface area contributed by atoms with Gasteiger partial charge in [-0.2, -0.15) is 0 Å². The Morgan fingerprint density at radius 3 is 2.38 bits per heavy atom. The number of esters is 1. The summed E-state index contributed by atoms with van der Waals surface area (Å²) in [6.45, 7) is 2.24. The number of nitrogens with one attached hydrogen (secondary N) is 1. The molecule has 1 unspecified atom stereocenters. The van der Waals surface area contributed by atoms with Crippen LogP contribution in [-0.4, -0.2) is 26.2 Å². The number of hydrogen-bond acceptors (Lipinski definition) is 3. The fourth-order valence-electron chi connectivity index (χ4n) is 2.44. The van der Waals surface area contributed by atoms with Crippen LogP contribution in [0.3, 0.4) is 0 Å². The van der Waals surface area contributed by atoms with Crippen molar-refractivity contribution in [2.24, 2.45) is 0 Å². The van der Waals surface area contributed by atoms with Crippen molar-refractivity contribution < 1.29 is 9.53 Å². The van der Waals surface area contributed by atoms with Crippen molar-refractivity contribution in [2.45, 2.75) is 57.9 Å². The van der Waals surface area contributed by atoms with Crippen molar-refractivity contribution in [1.82, 2.24) is 5.32 Å². The Bertz CT molecular complexity index is 400. The van der Waals surface area contributed by atoms with Gasteiger partial charge in [0.1, 0.15) is 0 Å². The van der Waals surface area contributed by atoms with Crippen LogP contribution in [0.25, 0.3) is 0 Å². The molecular formula is C18H29NO2. The summed E-state index contributed by atoms with van der Waals surface area (Å²) in [5.41, 5.74) is 2.67. The van der Waals surface area contributed by atoms with E-state index in [1.807, 2.05) is 7.05 Å². The standard InChI is InChI=1S/C18H29NO2/c1-4-5-6-7-8-15-9-11-16(12-10-15)13-17(19-2)14-18(20)21-3/h9-12,17,19H,4-8,13-14H2,1-3H3. The number of rotatable bonds is 10. The molecule has 0 aliphatic rings. The van der Waals surface area contributed by atoms with Crippen molar-refractivity contribution in [3.8, 4) is 0 Å². The molecule has 1 aromatic rings. The molecule has 118 valence electrons. The summed E-state index contributed by atoms with van der Waals surface area (Å²) < 4.78 is 4.72. The third-order valence-electron chi connectivity index (χ3n) is 3.87. The number of likely N-dealkylation sites (N-methyl/N-ethyl adjacent to an activating group) is 1. The molecule has 0 bridgehead atoms. The van der Waals surface area contributed by atoms with Crippen LogP contribution in [0.1, 0.15) is 50.2 Å². The Morgan fingerprint density at radius 2 is 1.81 bits per heavy atom. The Hall–Kier alpha value is -1.35. The van der Waals surface area contributed by atoms with Crippen LogP contribution in [0.4, 0.5) is 0 Å². The number of methoxy groups -OCH3 is 1. The second-order valence-corrected chi connectivity index (χ2v) is 5.60. The van der Waals surface area contributed by atoms with Crippen molar-refractivity contribution in [3.05, 3.63) is 35.4 Å². The topological polar surface area (TPSA) is 38.3 Å². The van der Waals surface area contributed by atoms with Crippen LogP contribution < -0.4 is 5.32 Å². The van der Waals surface area contributed by atoms with Crippen LogP contribution in [0.15, 0.2) is 24.3 Å². The lowest BCUT2D eigenvalue weighted by atomic mass is 10.00. The van der Waals surface area contributed by atoms with Crippen molar-refractivity contribution in [1.29, 1.82) is 0 Å². The molecule has 1 rings (SSSR count). The quantitative estimate of drug-likeness (QED) is 0.529. The zero-order valence-electron chi connectivity index (χ0n) is 13.7. The first-order valence-corrected chi connectivity index (χ1v) is 8.01. The van der Waals surface area contributed by atoms with E-state index in [1.54, 1.807) is 0 Å². The molecule has 0 spiro atoms. The number of carbonyl (C=O) groups is 1. The van der Waals surface area contributed by atoms with Crippen LogP contribution >= 0.6 is 0 Å². The molecular weight excluding hydrogens is 262 g/mol. The first-order chi connectivity index (χ1) is 10.2. The van der Waals surface area contributed by atoms with Gasteiger partial charge in [-0.3, -0.25) is 4.79 Å². The van der Waals surface area contributed by atoms with Gasteiger partial charge in [-0.05, 0) is 37.4 Å². The van der Waals surface area contributed by atoms with E-state index in [9.17, 15) is 4.79 Å². The fraction of sp³-hybridized carbons (Fsp3) is 0.611.